The van der Waals surface area contributed by atoms with Gasteiger partial charge in [-0.25, -0.2) is 13.4 Å². The van der Waals surface area contributed by atoms with Gasteiger partial charge in [0.2, 0.25) is 5.91 Å². The van der Waals surface area contributed by atoms with Gasteiger partial charge in [-0.3, -0.25) is 14.0 Å². The number of amides is 1. The lowest BCUT2D eigenvalue weighted by Crippen LogP contribution is -2.32. The number of benzene rings is 7. The third-order valence-corrected chi connectivity index (χ3v) is 18.2. The van der Waals surface area contributed by atoms with Crippen LogP contribution in [0.4, 0.5) is 11.4 Å². The highest BCUT2D eigenvalue weighted by molar-refractivity contribution is 7.92. The van der Waals surface area contributed by atoms with Crippen LogP contribution < -0.4 is 18.5 Å². The fourth-order valence-electron chi connectivity index (χ4n) is 10.9. The summed E-state index contributed by atoms with van der Waals surface area (Å²) in [4.78, 5) is 24.6. The third-order valence-electron chi connectivity index (χ3n) is 16.1. The standard InChI is InChI=1S/C27H30N2O2.C24H33ClN2O2S.C23H31NO2/c1-18(2)20-10-12-21(13-11-20)26-23-17-22(30-15-14-29(4)5)16-19(3)27(23)31-25-9-7-6-8-24(25)28-26;1-18(2)11-7-5-6-10-16-26(3)24-20-12-8-9-13-22(20)27(4)30(28,29)23-17-19(25)14-15-21(23)24;1-5-6-15-24(17-19-11-13-20(14-12-19)18(2)3)23(25)16-21-9-7-8-10-22(21)26-4/h6-13,16-18H,14-15H2,1-5H3;8-9,12-15,17-18,24H,5-7,10-11,16H2,1-4H3;7-14,18H,5-6,15-17H2,1-4H3. The lowest BCUT2D eigenvalue weighted by molar-refractivity contribution is -0.131. The minimum absolute atomic E-state index is 0.135. The molecule has 0 N–H and O–H groups in total. The minimum Gasteiger partial charge on any atom is -0.496 e. The van der Waals surface area contributed by atoms with Crippen molar-refractivity contribution in [1.29, 1.82) is 0 Å². The first kappa shape index (κ1) is 67.5. The van der Waals surface area contributed by atoms with Gasteiger partial charge in [0.15, 0.2) is 5.75 Å². The fraction of sp³-hybridized carbons (Fsp3) is 0.405. The van der Waals surface area contributed by atoms with E-state index in [4.69, 9.17) is 30.8 Å². The number of carbonyl (C=O) groups is 1. The van der Waals surface area contributed by atoms with Gasteiger partial charge in [0.1, 0.15) is 29.5 Å². The second-order valence-electron chi connectivity index (χ2n) is 24.3. The predicted molar refractivity (Wildman–Crippen MR) is 361 cm³/mol. The van der Waals surface area contributed by atoms with E-state index in [0.717, 1.165) is 118 Å². The summed E-state index contributed by atoms with van der Waals surface area (Å²) in [6, 6.07) is 50.0. The monoisotopic (exact) mass is 1220 g/mol. The Bertz CT molecular complexity index is 3490. The number of ether oxygens (including phenoxy) is 3. The number of rotatable bonds is 23. The Morgan fingerprint density at radius 2 is 1.38 bits per heavy atom. The Balaban J connectivity index is 0.000000187. The summed E-state index contributed by atoms with van der Waals surface area (Å²) < 4.78 is 45.9. The van der Waals surface area contributed by atoms with Gasteiger partial charge in [-0.05, 0) is 147 Å². The smallest absolute Gasteiger partial charge is 0.264 e. The average Bonchev–Trinajstić information content (AvgIpc) is 1.70. The van der Waals surface area contributed by atoms with Crippen LogP contribution in [0.1, 0.15) is 161 Å². The van der Waals surface area contributed by atoms with E-state index in [1.54, 1.807) is 26.3 Å². The van der Waals surface area contributed by atoms with Crippen molar-refractivity contribution in [3.63, 3.8) is 0 Å². The zero-order valence-corrected chi connectivity index (χ0v) is 55.5. The van der Waals surface area contributed by atoms with E-state index in [9.17, 15) is 13.2 Å². The number of methoxy groups -OCH3 is 1. The number of halogens is 1. The zero-order chi connectivity index (χ0) is 62.8. The minimum atomic E-state index is -3.68. The number of nitrogens with zero attached hydrogens (tertiary/aromatic N) is 5. The first-order valence-electron chi connectivity index (χ1n) is 31.1. The van der Waals surface area contributed by atoms with E-state index < -0.39 is 10.0 Å². The molecule has 0 radical (unpaired) electrons. The molecule has 9 rings (SSSR count). The Kier molecular flexibility index (Phi) is 25.1. The molecule has 0 saturated heterocycles. The van der Waals surface area contributed by atoms with Crippen LogP contribution in [0.25, 0.3) is 0 Å². The van der Waals surface area contributed by atoms with Crippen LogP contribution in [0.2, 0.25) is 5.02 Å². The van der Waals surface area contributed by atoms with Crippen molar-refractivity contribution in [2.75, 3.05) is 65.8 Å². The van der Waals surface area contributed by atoms with Crippen LogP contribution in [-0.4, -0.2) is 96.3 Å². The molecular weight excluding hydrogens is 1120 g/mol. The number of hydrogen-bond acceptors (Lipinski definition) is 9. The normalized spacial score (nSPS) is 13.9. The number of likely N-dealkylation sites (N-methyl/N-ethyl adjacent to an activating group) is 1. The molecule has 0 fully saturated rings. The molecule has 0 aliphatic carbocycles. The zero-order valence-electron chi connectivity index (χ0n) is 53.9. The van der Waals surface area contributed by atoms with Crippen LogP contribution >= 0.6 is 11.6 Å². The van der Waals surface area contributed by atoms with Crippen molar-refractivity contribution in [2.45, 2.75) is 136 Å². The Morgan fingerprint density at radius 1 is 0.724 bits per heavy atom. The van der Waals surface area contributed by atoms with Crippen molar-refractivity contribution >= 4 is 44.6 Å². The van der Waals surface area contributed by atoms with E-state index in [1.165, 1.54) is 46.7 Å². The topological polar surface area (TPSA) is 104 Å². The van der Waals surface area contributed by atoms with E-state index in [0.29, 0.717) is 41.3 Å². The number of aliphatic imine (C=N–C) groups is 1. The van der Waals surface area contributed by atoms with Crippen molar-refractivity contribution in [2.24, 2.45) is 10.9 Å². The first-order valence-corrected chi connectivity index (χ1v) is 33.0. The van der Waals surface area contributed by atoms with Crippen molar-refractivity contribution in [1.82, 2.24) is 14.7 Å². The maximum Gasteiger partial charge on any atom is 0.264 e. The highest BCUT2D eigenvalue weighted by atomic mass is 35.5. The number of fused-ring (bicyclic) bond motifs is 4. The van der Waals surface area contributed by atoms with E-state index in [1.807, 2.05) is 104 Å². The maximum absolute atomic E-state index is 13.3. The highest BCUT2D eigenvalue weighted by Crippen LogP contribution is 2.44. The average molecular weight is 1220 g/mol. The second kappa shape index (κ2) is 32.3. The van der Waals surface area contributed by atoms with Crippen LogP contribution in [0.3, 0.4) is 0 Å². The number of anilines is 1. The summed E-state index contributed by atoms with van der Waals surface area (Å²) in [7, 11) is 5.77. The van der Waals surface area contributed by atoms with Gasteiger partial charge in [-0.1, -0.05) is 195 Å². The molecule has 87 heavy (non-hydrogen) atoms. The summed E-state index contributed by atoms with van der Waals surface area (Å²) in [5.41, 5.74) is 12.1. The second-order valence-corrected chi connectivity index (χ2v) is 26.7. The molecule has 1 atom stereocenters. The van der Waals surface area contributed by atoms with Crippen LogP contribution in [0, 0.1) is 12.8 Å². The van der Waals surface area contributed by atoms with Crippen LogP contribution in [-0.2, 0) is 27.8 Å². The van der Waals surface area contributed by atoms with Gasteiger partial charge in [0, 0.05) is 48.4 Å². The van der Waals surface area contributed by atoms with Crippen molar-refractivity contribution < 1.29 is 27.4 Å². The molecule has 13 heteroatoms. The lowest BCUT2D eigenvalue weighted by Gasteiger charge is -2.30. The number of sulfonamides is 1. The molecule has 2 aliphatic heterocycles. The quantitative estimate of drug-likeness (QED) is 0.0584. The number of hydrogen-bond donors (Lipinski definition) is 0. The molecule has 0 saturated carbocycles. The summed E-state index contributed by atoms with van der Waals surface area (Å²) in [6.07, 6.45) is 8.55. The molecule has 0 spiro atoms. The lowest BCUT2D eigenvalue weighted by atomic mass is 9.95. The largest absolute Gasteiger partial charge is 0.496 e. The van der Waals surface area contributed by atoms with Gasteiger partial charge in [0.05, 0.1) is 35.9 Å². The predicted octanol–water partition coefficient (Wildman–Crippen LogP) is 17.6. The van der Waals surface area contributed by atoms with Gasteiger partial charge < -0.3 is 24.0 Å². The van der Waals surface area contributed by atoms with Gasteiger partial charge >= 0.3 is 0 Å². The number of para-hydroxylation sites is 4. The Morgan fingerprint density at radius 3 is 2.06 bits per heavy atom. The van der Waals surface area contributed by atoms with E-state index in [-0.39, 0.29) is 11.9 Å². The molecule has 7 aromatic rings. The molecule has 0 bridgehead atoms. The summed E-state index contributed by atoms with van der Waals surface area (Å²) in [5, 5.41) is 0.434. The molecule has 464 valence electrons. The van der Waals surface area contributed by atoms with Gasteiger partial charge in [-0.2, -0.15) is 0 Å². The molecule has 1 amide bonds. The van der Waals surface area contributed by atoms with E-state index >= 15 is 0 Å². The van der Waals surface area contributed by atoms with Gasteiger partial charge in [-0.15, -0.1) is 0 Å². The molecule has 7 aromatic carbocycles. The Labute approximate surface area is 526 Å². The molecule has 0 aromatic heterocycles. The Hall–Kier alpha value is -6.96. The summed E-state index contributed by atoms with van der Waals surface area (Å²) >= 11 is 6.20. The third kappa shape index (κ3) is 18.3. The molecule has 2 heterocycles. The first-order chi connectivity index (χ1) is 41.7. The molecular formula is C74H94ClN5O6S. The fourth-order valence-corrected chi connectivity index (χ4v) is 12.6. The van der Waals surface area contributed by atoms with Crippen LogP contribution in [0.5, 0.6) is 23.0 Å². The SMILES string of the molecule is CC(C)CCCCCCN(C)C1c2ccccc2N(C)S(=O)(=O)c2cc(Cl)ccc21.CCCCN(Cc1ccc(C(C)C)cc1)C(=O)Cc1ccccc1OC.Cc1cc(OCCN(C)C)cc2c1Oc1ccccc1N=C2c1ccc(C(C)C)cc1. The number of carbonyl (C=O) groups excluding carboxylic acids is 1. The maximum atomic E-state index is 13.3. The summed E-state index contributed by atoms with van der Waals surface area (Å²) in [6.45, 7) is 21.4. The highest BCUT2D eigenvalue weighted by Gasteiger charge is 2.37. The molecule has 2 aliphatic rings. The number of unbranched alkanes of at least 4 members (excludes halogenated alkanes) is 4. The molecule has 11 nitrogen and oxygen atoms in total. The van der Waals surface area contributed by atoms with Gasteiger partial charge in [0.25, 0.3) is 10.0 Å². The van der Waals surface area contributed by atoms with Crippen LogP contribution in [0.15, 0.2) is 162 Å². The van der Waals surface area contributed by atoms with Crippen molar-refractivity contribution in [3.05, 3.63) is 207 Å². The number of aryl methyl sites for hydroxylation is 1. The van der Waals surface area contributed by atoms with Crippen molar-refractivity contribution in [3.8, 4) is 23.0 Å². The summed E-state index contributed by atoms with van der Waals surface area (Å²) in [5.74, 6) is 5.12. The molecule has 1 unspecified atom stereocenters. The van der Waals surface area contributed by atoms with E-state index in [2.05, 4.69) is 127 Å².